The van der Waals surface area contributed by atoms with E-state index in [0.717, 1.165) is 29.6 Å². The van der Waals surface area contributed by atoms with E-state index < -0.39 is 0 Å². The van der Waals surface area contributed by atoms with Crippen LogP contribution in [0.3, 0.4) is 0 Å². The van der Waals surface area contributed by atoms with Gasteiger partial charge in [-0.25, -0.2) is 9.97 Å². The van der Waals surface area contributed by atoms with E-state index in [4.69, 9.17) is 0 Å². The molecule has 1 aromatic carbocycles. The lowest BCUT2D eigenvalue weighted by atomic mass is 9.63. The Morgan fingerprint density at radius 3 is 2.13 bits per heavy atom. The molecule has 1 aromatic heterocycles. The molecule has 1 heterocycles. The summed E-state index contributed by atoms with van der Waals surface area (Å²) in [5, 5.41) is 0.670. The maximum atomic E-state index is 11.6. The number of rotatable bonds is 3. The highest BCUT2D eigenvalue weighted by Crippen LogP contribution is 2.47. The van der Waals surface area contributed by atoms with Crippen LogP contribution in [0.15, 0.2) is 40.6 Å². The lowest BCUT2D eigenvalue weighted by molar-refractivity contribution is 0.112. The van der Waals surface area contributed by atoms with Gasteiger partial charge < -0.3 is 0 Å². The van der Waals surface area contributed by atoms with Crippen LogP contribution in [0.25, 0.3) is 0 Å². The maximum absolute atomic E-state index is 11.6. The van der Waals surface area contributed by atoms with Gasteiger partial charge in [-0.3, -0.25) is 4.79 Å². The summed E-state index contributed by atoms with van der Waals surface area (Å²) < 4.78 is 0. The summed E-state index contributed by atoms with van der Waals surface area (Å²) in [5.41, 5.74) is 3.60. The highest BCUT2D eigenvalue weighted by atomic mass is 32.2. The summed E-state index contributed by atoms with van der Waals surface area (Å²) >= 11 is 1.46. The quantitative estimate of drug-likeness (QED) is 0.601. The molecule has 0 radical (unpaired) electrons. The number of carbonyl (C=O) groups excluding carboxylic acids is 1. The zero-order chi connectivity index (χ0) is 16.7. The Kier molecular flexibility index (Phi) is 4.05. The summed E-state index contributed by atoms with van der Waals surface area (Å²) in [6.07, 6.45) is 6.69. The Hall–Kier alpha value is -1.68. The second kappa shape index (κ2) is 5.75. The van der Waals surface area contributed by atoms with Gasteiger partial charge in [0, 0.05) is 22.9 Å². The zero-order valence-electron chi connectivity index (χ0n) is 14.1. The van der Waals surface area contributed by atoms with Crippen LogP contribution < -0.4 is 0 Å². The number of aldehydes is 1. The maximum Gasteiger partial charge on any atom is 0.192 e. The third kappa shape index (κ3) is 3.05. The van der Waals surface area contributed by atoms with Crippen molar-refractivity contribution in [3.8, 4) is 0 Å². The zero-order valence-corrected chi connectivity index (χ0v) is 14.9. The summed E-state index contributed by atoms with van der Waals surface area (Å²) in [6.45, 7) is 9.11. The van der Waals surface area contributed by atoms with Crippen molar-refractivity contribution in [2.75, 3.05) is 0 Å². The summed E-state index contributed by atoms with van der Waals surface area (Å²) in [6, 6.07) is 6.05. The first-order chi connectivity index (χ1) is 10.8. The van der Waals surface area contributed by atoms with Crippen molar-refractivity contribution in [2.24, 2.45) is 0 Å². The van der Waals surface area contributed by atoms with Crippen LogP contribution >= 0.6 is 11.8 Å². The highest BCUT2D eigenvalue weighted by Gasteiger charge is 2.37. The number of hydrogen-bond donors (Lipinski definition) is 0. The van der Waals surface area contributed by atoms with Crippen LogP contribution in [-0.2, 0) is 10.8 Å². The lowest BCUT2D eigenvalue weighted by Gasteiger charge is -2.42. The SMILES string of the molecule is CC1(C)CCC(C)(C)c2cc(Sc3ncccn3)c(C=O)cc21. The van der Waals surface area contributed by atoms with E-state index in [9.17, 15) is 4.79 Å². The average Bonchev–Trinajstić information content (AvgIpc) is 2.52. The topological polar surface area (TPSA) is 42.9 Å². The van der Waals surface area contributed by atoms with E-state index >= 15 is 0 Å². The molecule has 0 saturated heterocycles. The normalized spacial score (nSPS) is 18.3. The number of hydrogen-bond acceptors (Lipinski definition) is 4. The molecular weight excluding hydrogens is 304 g/mol. The molecule has 0 spiro atoms. The summed E-state index contributed by atoms with van der Waals surface area (Å²) in [4.78, 5) is 21.1. The summed E-state index contributed by atoms with van der Waals surface area (Å²) in [7, 11) is 0. The number of aromatic nitrogens is 2. The number of carbonyl (C=O) groups is 1. The number of fused-ring (bicyclic) bond motifs is 1. The van der Waals surface area contributed by atoms with E-state index in [1.165, 1.54) is 22.9 Å². The third-order valence-electron chi connectivity index (χ3n) is 4.85. The minimum Gasteiger partial charge on any atom is -0.298 e. The Bertz CT molecular complexity index is 739. The number of nitrogens with zero attached hydrogens (tertiary/aromatic N) is 2. The molecule has 1 aliphatic rings. The molecule has 0 atom stereocenters. The fourth-order valence-electron chi connectivity index (χ4n) is 3.23. The van der Waals surface area contributed by atoms with Crippen molar-refractivity contribution in [3.05, 3.63) is 47.3 Å². The van der Waals surface area contributed by atoms with Gasteiger partial charge in [0.1, 0.15) is 0 Å². The first-order valence-electron chi connectivity index (χ1n) is 7.92. The highest BCUT2D eigenvalue weighted by molar-refractivity contribution is 7.99. The third-order valence-corrected chi connectivity index (χ3v) is 5.82. The minimum atomic E-state index is 0.106. The first-order valence-corrected chi connectivity index (χ1v) is 8.74. The second-order valence-corrected chi connectivity index (χ2v) is 8.46. The molecule has 3 rings (SSSR count). The van der Waals surface area contributed by atoms with E-state index in [1.54, 1.807) is 18.5 Å². The predicted octanol–water partition coefficient (Wildman–Crippen LogP) is 4.79. The fraction of sp³-hybridized carbons (Fsp3) is 0.421. The van der Waals surface area contributed by atoms with Gasteiger partial charge in [0.25, 0.3) is 0 Å². The second-order valence-electron chi connectivity index (χ2n) is 7.45. The van der Waals surface area contributed by atoms with Crippen LogP contribution in [0.2, 0.25) is 0 Å². The van der Waals surface area contributed by atoms with E-state index in [2.05, 4.69) is 49.8 Å². The smallest absolute Gasteiger partial charge is 0.192 e. The summed E-state index contributed by atoms with van der Waals surface area (Å²) in [5.74, 6) is 0. The van der Waals surface area contributed by atoms with Crippen molar-refractivity contribution in [1.82, 2.24) is 9.97 Å². The molecule has 0 N–H and O–H groups in total. The molecule has 0 aliphatic heterocycles. The Balaban J connectivity index is 2.13. The molecule has 4 heteroatoms. The molecule has 0 saturated carbocycles. The monoisotopic (exact) mass is 326 g/mol. The van der Waals surface area contributed by atoms with Gasteiger partial charge >= 0.3 is 0 Å². The number of benzene rings is 1. The van der Waals surface area contributed by atoms with Crippen molar-refractivity contribution < 1.29 is 4.79 Å². The van der Waals surface area contributed by atoms with Crippen LogP contribution in [0.4, 0.5) is 0 Å². The minimum absolute atomic E-state index is 0.106. The molecule has 23 heavy (non-hydrogen) atoms. The molecule has 2 aromatic rings. The van der Waals surface area contributed by atoms with Gasteiger partial charge in [0.2, 0.25) is 0 Å². The fourth-order valence-corrected chi connectivity index (χ4v) is 4.05. The Morgan fingerprint density at radius 1 is 1.00 bits per heavy atom. The molecule has 0 unspecified atom stereocenters. The molecule has 0 bridgehead atoms. The largest absolute Gasteiger partial charge is 0.298 e. The van der Waals surface area contributed by atoms with Crippen LogP contribution in [-0.4, -0.2) is 16.3 Å². The van der Waals surface area contributed by atoms with E-state index in [-0.39, 0.29) is 10.8 Å². The predicted molar refractivity (Wildman–Crippen MR) is 93.3 cm³/mol. The standard InChI is InChI=1S/C19H22N2OS/c1-18(2)6-7-19(3,4)15-11-16(13(12-22)10-14(15)18)23-17-20-8-5-9-21-17/h5,8-12H,6-7H2,1-4H3. The van der Waals surface area contributed by atoms with Crippen molar-refractivity contribution in [3.63, 3.8) is 0 Å². The van der Waals surface area contributed by atoms with E-state index in [0.29, 0.717) is 5.16 Å². The van der Waals surface area contributed by atoms with Crippen molar-refractivity contribution in [2.45, 2.75) is 61.4 Å². The van der Waals surface area contributed by atoms with Crippen LogP contribution in [0, 0.1) is 0 Å². The molecular formula is C19H22N2OS. The molecule has 1 aliphatic carbocycles. The van der Waals surface area contributed by atoms with Gasteiger partial charge in [-0.1, -0.05) is 27.7 Å². The van der Waals surface area contributed by atoms with Crippen molar-refractivity contribution >= 4 is 18.0 Å². The van der Waals surface area contributed by atoms with Crippen molar-refractivity contribution in [1.29, 1.82) is 0 Å². The van der Waals surface area contributed by atoms with E-state index in [1.807, 2.05) is 0 Å². The van der Waals surface area contributed by atoms with Gasteiger partial charge in [0.05, 0.1) is 0 Å². The molecule has 3 nitrogen and oxygen atoms in total. The average molecular weight is 326 g/mol. The van der Waals surface area contributed by atoms with Crippen LogP contribution in [0.1, 0.15) is 62.0 Å². The van der Waals surface area contributed by atoms with Gasteiger partial charge in [0.15, 0.2) is 11.4 Å². The Morgan fingerprint density at radius 2 is 1.57 bits per heavy atom. The first kappa shape index (κ1) is 16.2. The van der Waals surface area contributed by atoms with Gasteiger partial charge in [-0.15, -0.1) is 0 Å². The molecule has 120 valence electrons. The lowest BCUT2D eigenvalue weighted by Crippen LogP contribution is -2.34. The molecule has 0 amide bonds. The van der Waals surface area contributed by atoms with Gasteiger partial charge in [-0.05, 0) is 64.8 Å². The molecule has 0 fully saturated rings. The van der Waals surface area contributed by atoms with Crippen LogP contribution in [0.5, 0.6) is 0 Å². The van der Waals surface area contributed by atoms with Gasteiger partial charge in [-0.2, -0.15) is 0 Å². The Labute approximate surface area is 141 Å².